The van der Waals surface area contributed by atoms with Crippen molar-refractivity contribution in [1.29, 1.82) is 0 Å². The summed E-state index contributed by atoms with van der Waals surface area (Å²) in [5.41, 5.74) is 21.3. The maximum atomic E-state index is 4.19. The summed E-state index contributed by atoms with van der Waals surface area (Å²) in [5.74, 6) is 0. The minimum atomic E-state index is 1.06. The van der Waals surface area contributed by atoms with E-state index in [1.165, 1.54) is 214 Å². The van der Waals surface area contributed by atoms with Crippen LogP contribution in [0.4, 0.5) is 0 Å². The second-order valence-corrected chi connectivity index (χ2v) is 19.1. The number of rotatable bonds is 22. The van der Waals surface area contributed by atoms with E-state index in [2.05, 4.69) is 148 Å². The molecule has 5 heterocycles. The summed E-state index contributed by atoms with van der Waals surface area (Å²) in [7, 11) is 0. The van der Waals surface area contributed by atoms with Crippen molar-refractivity contribution in [2.75, 3.05) is 0 Å². The van der Waals surface area contributed by atoms with Crippen LogP contribution in [0, 0.1) is 27.7 Å². The third-order valence-electron chi connectivity index (χ3n) is 14.5. The fraction of sp³-hybridized carbons (Fsp3) is 0.467. The van der Waals surface area contributed by atoms with E-state index in [0.29, 0.717) is 0 Å². The molecular weight excluding hydrogens is 777 g/mol. The van der Waals surface area contributed by atoms with Crippen molar-refractivity contribution < 1.29 is 0 Å². The van der Waals surface area contributed by atoms with Gasteiger partial charge in [0.05, 0.1) is 22.1 Å². The number of fused-ring (bicyclic) bond motifs is 8. The van der Waals surface area contributed by atoms with Crippen molar-refractivity contribution in [2.24, 2.45) is 0 Å². The highest BCUT2D eigenvalue weighted by Crippen LogP contribution is 2.32. The first-order valence-corrected chi connectivity index (χ1v) is 25.7. The van der Waals surface area contributed by atoms with Gasteiger partial charge in [-0.1, -0.05) is 165 Å². The van der Waals surface area contributed by atoms with E-state index < -0.39 is 0 Å². The molecule has 6 aromatic rings. The molecule has 7 rings (SSSR count). The Bertz CT molecular complexity index is 2500. The van der Waals surface area contributed by atoms with Gasteiger partial charge in [0, 0.05) is 33.2 Å². The Morgan fingerprint density at radius 2 is 0.672 bits per heavy atom. The van der Waals surface area contributed by atoms with Gasteiger partial charge in [0.1, 0.15) is 0 Å². The summed E-state index contributed by atoms with van der Waals surface area (Å²) in [5, 5.41) is 4.97. The minimum absolute atomic E-state index is 1.06. The van der Waals surface area contributed by atoms with Crippen LogP contribution in [0.5, 0.6) is 0 Å². The molecule has 0 saturated heterocycles. The predicted molar refractivity (Wildman–Crippen MR) is 275 cm³/mol. The number of unbranched alkanes of at least 4 members (excludes halogenated alkanes) is 12. The van der Waals surface area contributed by atoms with E-state index in [4.69, 9.17) is 0 Å². The van der Waals surface area contributed by atoms with E-state index in [1.54, 1.807) is 0 Å². The van der Waals surface area contributed by atoms with E-state index in [9.17, 15) is 0 Å². The van der Waals surface area contributed by atoms with Gasteiger partial charge >= 0.3 is 0 Å². The average Bonchev–Trinajstić information content (AvgIpc) is 3.99. The number of aromatic nitrogens is 4. The van der Waals surface area contributed by atoms with Gasteiger partial charge in [0.25, 0.3) is 0 Å². The van der Waals surface area contributed by atoms with E-state index >= 15 is 0 Å². The molecule has 340 valence electrons. The summed E-state index contributed by atoms with van der Waals surface area (Å²) in [6, 6.07) is 22.4. The SMILES string of the molecule is CCCCCCc1c2[nH]c(c1C)/C(c1ccccc1)=c1\[nH]/c(c(CCCCCC)c1C)=C\c1[nH]c(c(C)c1CCCCCC)/C(c1ccccc1)=c1\[nH]/c(c(CCCCCC)c1C)=C\2. The first-order valence-electron chi connectivity index (χ1n) is 25.7. The molecule has 64 heavy (non-hydrogen) atoms. The van der Waals surface area contributed by atoms with E-state index in [0.717, 1.165) is 25.7 Å². The monoisotopic (exact) mass is 857 g/mol. The molecule has 1 aliphatic rings. The Labute approximate surface area is 385 Å². The number of nitrogens with one attached hydrogen (secondary N) is 4. The predicted octanol–water partition coefficient (Wildman–Crippen LogP) is 13.2. The molecule has 4 nitrogen and oxygen atoms in total. The molecule has 0 aliphatic carbocycles. The normalized spacial score (nSPS) is 15.3. The smallest absolute Gasteiger partial charge is 0.0518 e. The van der Waals surface area contributed by atoms with Gasteiger partial charge in [0.2, 0.25) is 0 Å². The molecule has 0 radical (unpaired) electrons. The van der Waals surface area contributed by atoms with Gasteiger partial charge < -0.3 is 19.9 Å². The van der Waals surface area contributed by atoms with Crippen molar-refractivity contribution in [2.45, 2.75) is 184 Å². The maximum Gasteiger partial charge on any atom is 0.0518 e. The largest absolute Gasteiger partial charge is 0.354 e. The minimum Gasteiger partial charge on any atom is -0.354 e. The van der Waals surface area contributed by atoms with Gasteiger partial charge in [-0.3, -0.25) is 0 Å². The zero-order valence-corrected chi connectivity index (χ0v) is 41.1. The van der Waals surface area contributed by atoms with Crippen LogP contribution < -0.4 is 21.4 Å². The Morgan fingerprint density at radius 1 is 0.344 bits per heavy atom. The van der Waals surface area contributed by atoms with Crippen molar-refractivity contribution in [3.8, 4) is 0 Å². The Kier molecular flexibility index (Phi) is 16.7. The number of hydrogen-bond acceptors (Lipinski definition) is 0. The van der Waals surface area contributed by atoms with Crippen molar-refractivity contribution in [3.05, 3.63) is 160 Å². The molecule has 1 aliphatic heterocycles. The van der Waals surface area contributed by atoms with Crippen LogP contribution in [0.3, 0.4) is 0 Å². The van der Waals surface area contributed by atoms with Crippen LogP contribution in [-0.2, 0) is 25.7 Å². The molecule has 4 heteroatoms. The Hall–Kier alpha value is -4.96. The van der Waals surface area contributed by atoms with Crippen LogP contribution in [-0.4, -0.2) is 19.9 Å². The Balaban J connectivity index is 1.65. The second kappa shape index (κ2) is 22.8. The van der Waals surface area contributed by atoms with Gasteiger partial charge in [0.15, 0.2) is 0 Å². The zero-order valence-electron chi connectivity index (χ0n) is 41.1. The third-order valence-corrected chi connectivity index (χ3v) is 14.5. The molecule has 0 saturated carbocycles. The molecule has 0 atom stereocenters. The fourth-order valence-electron chi connectivity index (χ4n) is 10.6. The summed E-state index contributed by atoms with van der Waals surface area (Å²) in [6.07, 6.45) is 29.1. The number of hydrogen-bond donors (Lipinski definition) is 4. The Morgan fingerprint density at radius 3 is 1.00 bits per heavy atom. The molecule has 8 bridgehead atoms. The lowest BCUT2D eigenvalue weighted by atomic mass is 9.94. The van der Waals surface area contributed by atoms with Crippen molar-refractivity contribution in [3.63, 3.8) is 0 Å². The number of benzene rings is 2. The first-order chi connectivity index (χ1) is 31.3. The van der Waals surface area contributed by atoms with E-state index in [-0.39, 0.29) is 0 Å². The van der Waals surface area contributed by atoms with E-state index in [1.807, 2.05) is 0 Å². The molecule has 0 unspecified atom stereocenters. The van der Waals surface area contributed by atoms with Gasteiger partial charge in [-0.15, -0.1) is 0 Å². The third kappa shape index (κ3) is 10.4. The number of H-pyrrole nitrogens is 4. The molecule has 2 aromatic carbocycles. The highest BCUT2D eigenvalue weighted by atomic mass is 14.8. The highest BCUT2D eigenvalue weighted by molar-refractivity contribution is 5.83. The number of aromatic amines is 4. The summed E-state index contributed by atoms with van der Waals surface area (Å²) >= 11 is 0. The summed E-state index contributed by atoms with van der Waals surface area (Å²) in [4.78, 5) is 16.8. The molecular formula is C60H80N4. The molecule has 0 amide bonds. The summed E-state index contributed by atoms with van der Waals surface area (Å²) < 4.78 is 0. The van der Waals surface area contributed by atoms with Crippen LogP contribution >= 0.6 is 0 Å². The van der Waals surface area contributed by atoms with Gasteiger partial charge in [-0.25, -0.2) is 0 Å². The first kappa shape index (κ1) is 47.0. The average molecular weight is 857 g/mol. The van der Waals surface area contributed by atoms with Crippen LogP contribution in [0.2, 0.25) is 0 Å². The van der Waals surface area contributed by atoms with Gasteiger partial charge in [-0.05, 0) is 147 Å². The quantitative estimate of drug-likeness (QED) is 0.0491. The second-order valence-electron chi connectivity index (χ2n) is 19.1. The lowest BCUT2D eigenvalue weighted by Gasteiger charge is -2.09. The molecule has 4 N–H and O–H groups in total. The standard InChI is InChI=1S/C60H80N4/c1-9-13-17-27-35-47-41(5)57-55(45-31-23-21-24-32-45)58-43(7)49(37-29-19-15-11-3)53(63-58)40-54-50(38-30-20-16-12-4)44(8)60(64-54)56(46-33-25-22-26-34-46)59-42(6)48(36-28-18-14-10-2)52(62-59)39-51(47)61-57/h21-26,31-34,39-40,61-64H,9-20,27-30,35-38H2,1-8H3/b51-39-,52-39?,53-40?,54-40-,57-55-,58-55?,59-56?,60-56-. The topological polar surface area (TPSA) is 63.2 Å². The lowest BCUT2D eigenvalue weighted by molar-refractivity contribution is 0.664. The fourth-order valence-corrected chi connectivity index (χ4v) is 10.6. The van der Waals surface area contributed by atoms with Crippen molar-refractivity contribution in [1.82, 2.24) is 19.9 Å². The van der Waals surface area contributed by atoms with Crippen LogP contribution in [0.1, 0.15) is 209 Å². The van der Waals surface area contributed by atoms with Crippen LogP contribution in [0.15, 0.2) is 60.7 Å². The van der Waals surface area contributed by atoms with Crippen LogP contribution in [0.25, 0.3) is 23.3 Å². The molecule has 0 spiro atoms. The van der Waals surface area contributed by atoms with Crippen molar-refractivity contribution >= 4 is 23.3 Å². The lowest BCUT2D eigenvalue weighted by Crippen LogP contribution is -2.18. The molecule has 4 aromatic heterocycles. The maximum absolute atomic E-state index is 4.19. The zero-order chi connectivity index (χ0) is 45.0. The summed E-state index contributed by atoms with van der Waals surface area (Å²) in [6.45, 7) is 18.8. The molecule has 0 fully saturated rings. The van der Waals surface area contributed by atoms with Gasteiger partial charge in [-0.2, -0.15) is 0 Å². The highest BCUT2D eigenvalue weighted by Gasteiger charge is 2.24.